The van der Waals surface area contributed by atoms with Crippen LogP contribution < -0.4 is 15.6 Å². The fourth-order valence-corrected chi connectivity index (χ4v) is 1.34. The van der Waals surface area contributed by atoms with E-state index in [1.165, 1.54) is 0 Å². The van der Waals surface area contributed by atoms with E-state index in [-0.39, 0.29) is 6.54 Å². The van der Waals surface area contributed by atoms with Crippen molar-refractivity contribution in [2.24, 2.45) is 10.9 Å². The van der Waals surface area contributed by atoms with Crippen molar-refractivity contribution in [2.75, 3.05) is 0 Å². The standard InChI is InChI=1S/C8H13N3O2S/c9-5-7-1-3-8(4-2-7)6-11-14(10,12)13/h1-4,11H,5-6,9H2,(H2,10,12,13). The highest BCUT2D eigenvalue weighted by atomic mass is 32.2. The van der Waals surface area contributed by atoms with E-state index < -0.39 is 10.2 Å². The molecule has 0 fully saturated rings. The SMILES string of the molecule is NCc1ccc(CNS(N)(=O)=O)cc1. The molecule has 14 heavy (non-hydrogen) atoms. The summed E-state index contributed by atoms with van der Waals surface area (Å²) in [5, 5.41) is 4.78. The molecular weight excluding hydrogens is 202 g/mol. The van der Waals surface area contributed by atoms with Gasteiger partial charge in [-0.2, -0.15) is 13.1 Å². The lowest BCUT2D eigenvalue weighted by atomic mass is 10.1. The summed E-state index contributed by atoms with van der Waals surface area (Å²) >= 11 is 0. The van der Waals surface area contributed by atoms with Crippen LogP contribution in [0.15, 0.2) is 24.3 Å². The Balaban J connectivity index is 2.61. The first-order valence-corrected chi connectivity index (χ1v) is 5.61. The lowest BCUT2D eigenvalue weighted by Gasteiger charge is -2.03. The Labute approximate surface area is 83.3 Å². The number of hydrogen-bond donors (Lipinski definition) is 3. The molecule has 1 aromatic rings. The normalized spacial score (nSPS) is 11.6. The Morgan fingerprint density at radius 3 is 2.07 bits per heavy atom. The van der Waals surface area contributed by atoms with E-state index in [9.17, 15) is 8.42 Å². The summed E-state index contributed by atoms with van der Waals surface area (Å²) in [4.78, 5) is 0. The first-order valence-electron chi connectivity index (χ1n) is 4.06. The second-order valence-corrected chi connectivity index (χ2v) is 4.27. The van der Waals surface area contributed by atoms with E-state index in [0.717, 1.165) is 11.1 Å². The predicted octanol–water partition coefficient (Wildman–Crippen LogP) is -0.562. The molecule has 0 bridgehead atoms. The third kappa shape index (κ3) is 3.84. The Hall–Kier alpha value is -0.950. The third-order valence-corrected chi connectivity index (χ3v) is 2.28. The molecule has 0 amide bonds. The van der Waals surface area contributed by atoms with Crippen LogP contribution in [0, 0.1) is 0 Å². The second kappa shape index (κ2) is 4.52. The molecule has 78 valence electrons. The van der Waals surface area contributed by atoms with Crippen LogP contribution >= 0.6 is 0 Å². The van der Waals surface area contributed by atoms with Gasteiger partial charge in [0.25, 0.3) is 10.2 Å². The molecule has 5 N–H and O–H groups in total. The smallest absolute Gasteiger partial charge is 0.274 e. The lowest BCUT2D eigenvalue weighted by Crippen LogP contribution is -2.30. The number of rotatable bonds is 4. The third-order valence-electron chi connectivity index (χ3n) is 1.74. The molecule has 5 nitrogen and oxygen atoms in total. The average Bonchev–Trinajstić information content (AvgIpc) is 2.14. The monoisotopic (exact) mass is 215 g/mol. The topological polar surface area (TPSA) is 98.2 Å². The molecule has 6 heteroatoms. The maximum Gasteiger partial charge on any atom is 0.274 e. The Kier molecular flexibility index (Phi) is 3.59. The molecule has 0 aliphatic carbocycles. The van der Waals surface area contributed by atoms with E-state index in [0.29, 0.717) is 6.54 Å². The maximum atomic E-state index is 10.6. The minimum Gasteiger partial charge on any atom is -0.326 e. The van der Waals surface area contributed by atoms with Crippen molar-refractivity contribution in [3.8, 4) is 0 Å². The van der Waals surface area contributed by atoms with E-state index in [1.807, 2.05) is 12.1 Å². The van der Waals surface area contributed by atoms with Crippen molar-refractivity contribution in [3.63, 3.8) is 0 Å². The van der Waals surface area contributed by atoms with E-state index in [4.69, 9.17) is 10.9 Å². The summed E-state index contributed by atoms with van der Waals surface area (Å²) in [5.74, 6) is 0. The fourth-order valence-electron chi connectivity index (χ4n) is 0.977. The first-order chi connectivity index (χ1) is 6.51. The molecule has 0 aliphatic rings. The molecule has 1 aromatic carbocycles. The van der Waals surface area contributed by atoms with Gasteiger partial charge in [-0.15, -0.1) is 0 Å². The molecule has 0 heterocycles. The van der Waals surface area contributed by atoms with Crippen LogP contribution in [0.2, 0.25) is 0 Å². The number of hydrogen-bond acceptors (Lipinski definition) is 3. The van der Waals surface area contributed by atoms with Gasteiger partial charge in [-0.1, -0.05) is 24.3 Å². The van der Waals surface area contributed by atoms with Crippen molar-refractivity contribution < 1.29 is 8.42 Å². The van der Waals surface area contributed by atoms with Gasteiger partial charge >= 0.3 is 0 Å². The summed E-state index contributed by atoms with van der Waals surface area (Å²) in [6.45, 7) is 0.673. The zero-order chi connectivity index (χ0) is 10.6. The predicted molar refractivity (Wildman–Crippen MR) is 54.3 cm³/mol. The van der Waals surface area contributed by atoms with Gasteiger partial charge in [0.15, 0.2) is 0 Å². The van der Waals surface area contributed by atoms with E-state index >= 15 is 0 Å². The van der Waals surface area contributed by atoms with Crippen LogP contribution in [0.3, 0.4) is 0 Å². The summed E-state index contributed by atoms with van der Waals surface area (Å²) in [7, 11) is -3.61. The largest absolute Gasteiger partial charge is 0.326 e. The molecule has 0 atom stereocenters. The van der Waals surface area contributed by atoms with Gasteiger partial charge in [0.05, 0.1) is 0 Å². The van der Waals surface area contributed by atoms with Gasteiger partial charge < -0.3 is 5.73 Å². The summed E-state index contributed by atoms with van der Waals surface area (Å²) in [6.07, 6.45) is 0. The van der Waals surface area contributed by atoms with Gasteiger partial charge in [-0.3, -0.25) is 0 Å². The second-order valence-electron chi connectivity index (χ2n) is 2.89. The van der Waals surface area contributed by atoms with Crippen LogP contribution in [0.1, 0.15) is 11.1 Å². The zero-order valence-corrected chi connectivity index (χ0v) is 8.42. The van der Waals surface area contributed by atoms with Gasteiger partial charge in [0.2, 0.25) is 0 Å². The lowest BCUT2D eigenvalue weighted by molar-refractivity contribution is 0.583. The Morgan fingerprint density at radius 1 is 1.14 bits per heavy atom. The molecule has 0 saturated carbocycles. The van der Waals surface area contributed by atoms with Crippen LogP contribution in [-0.2, 0) is 23.3 Å². The highest BCUT2D eigenvalue weighted by molar-refractivity contribution is 7.87. The number of nitrogens with two attached hydrogens (primary N) is 2. The van der Waals surface area contributed by atoms with Crippen molar-refractivity contribution >= 4 is 10.2 Å². The highest BCUT2D eigenvalue weighted by Gasteiger charge is 2.00. The minimum absolute atomic E-state index is 0.198. The Morgan fingerprint density at radius 2 is 1.64 bits per heavy atom. The minimum atomic E-state index is -3.61. The van der Waals surface area contributed by atoms with Gasteiger partial charge in [-0.25, -0.2) is 5.14 Å². The summed E-state index contributed by atoms with van der Waals surface area (Å²) in [5.41, 5.74) is 7.26. The molecule has 0 saturated heterocycles. The maximum absolute atomic E-state index is 10.6. The average molecular weight is 215 g/mol. The van der Waals surface area contributed by atoms with Crippen molar-refractivity contribution in [1.82, 2.24) is 4.72 Å². The van der Waals surface area contributed by atoms with Gasteiger partial charge in [-0.05, 0) is 11.1 Å². The molecular formula is C8H13N3O2S. The highest BCUT2D eigenvalue weighted by Crippen LogP contribution is 2.03. The Bertz CT molecular complexity index is 386. The van der Waals surface area contributed by atoms with Crippen LogP contribution in [0.5, 0.6) is 0 Å². The number of nitrogens with one attached hydrogen (secondary N) is 1. The van der Waals surface area contributed by atoms with Crippen molar-refractivity contribution in [2.45, 2.75) is 13.1 Å². The number of benzene rings is 1. The molecule has 1 rings (SSSR count). The molecule has 0 radical (unpaired) electrons. The van der Waals surface area contributed by atoms with Crippen LogP contribution in [-0.4, -0.2) is 8.42 Å². The zero-order valence-electron chi connectivity index (χ0n) is 7.60. The van der Waals surface area contributed by atoms with E-state index in [2.05, 4.69) is 4.72 Å². The van der Waals surface area contributed by atoms with Gasteiger partial charge in [0, 0.05) is 13.1 Å². The first kappa shape index (κ1) is 11.1. The van der Waals surface area contributed by atoms with Crippen molar-refractivity contribution in [1.29, 1.82) is 0 Å². The quantitative estimate of drug-likeness (QED) is 0.627. The molecule has 0 unspecified atom stereocenters. The summed E-state index contributed by atoms with van der Waals surface area (Å²) in [6, 6.07) is 7.31. The van der Waals surface area contributed by atoms with E-state index in [1.54, 1.807) is 12.1 Å². The van der Waals surface area contributed by atoms with Crippen molar-refractivity contribution in [3.05, 3.63) is 35.4 Å². The fraction of sp³-hybridized carbons (Fsp3) is 0.250. The van der Waals surface area contributed by atoms with Gasteiger partial charge in [0.1, 0.15) is 0 Å². The molecule has 0 aromatic heterocycles. The van der Waals surface area contributed by atoms with Crippen LogP contribution in [0.4, 0.5) is 0 Å². The van der Waals surface area contributed by atoms with Crippen LogP contribution in [0.25, 0.3) is 0 Å². The molecule has 0 spiro atoms. The summed E-state index contributed by atoms with van der Waals surface area (Å²) < 4.78 is 23.3. The molecule has 0 aliphatic heterocycles.